The van der Waals surface area contributed by atoms with Crippen LogP contribution >= 0.6 is 0 Å². The van der Waals surface area contributed by atoms with E-state index in [1.54, 1.807) is 0 Å². The first kappa shape index (κ1) is 16.6. The van der Waals surface area contributed by atoms with Gasteiger partial charge in [0.05, 0.1) is 0 Å². The molecule has 1 rings (SSSR count). The summed E-state index contributed by atoms with van der Waals surface area (Å²) in [7, 11) is -5.84. The minimum Gasteiger partial charge on any atom is -0.279 e. The molecule has 0 amide bonds. The van der Waals surface area contributed by atoms with Crippen LogP contribution in [0.4, 0.5) is 26.3 Å². The van der Waals surface area contributed by atoms with Crippen molar-refractivity contribution in [2.45, 2.75) is 11.7 Å². The lowest BCUT2D eigenvalue weighted by Crippen LogP contribution is -2.21. The van der Waals surface area contributed by atoms with E-state index in [9.17, 15) is 26.3 Å². The average Bonchev–Trinajstić information content (AvgIpc) is 2.15. The monoisotopic (exact) mass is 297 g/mol. The number of hydrogen-bond donors (Lipinski definition) is 1. The Labute approximate surface area is 97.0 Å². The van der Waals surface area contributed by atoms with Crippen molar-refractivity contribution in [3.63, 3.8) is 0 Å². The molecule has 0 aliphatic carbocycles. The quantitative estimate of drug-likeness (QED) is 0.454. The maximum absolute atomic E-state index is 11.7. The number of halogens is 6. The minimum absolute atomic E-state index is 0.852. The lowest BCUT2D eigenvalue weighted by atomic mass is 10.3. The molecule has 1 N–H and O–H groups in total. The molecule has 0 bridgehead atoms. The summed E-state index contributed by atoms with van der Waals surface area (Å²) in [6, 6.07) is 3.67. The molecule has 0 aliphatic rings. The Balaban J connectivity index is 0.000000331. The van der Waals surface area contributed by atoms with Crippen molar-refractivity contribution < 1.29 is 39.3 Å². The molecule has 1 aromatic heterocycles. The Bertz CT molecular complexity index is 466. The van der Waals surface area contributed by atoms with E-state index in [-0.39, 0.29) is 0 Å². The van der Waals surface area contributed by atoms with Crippen molar-refractivity contribution in [3.05, 3.63) is 30.1 Å². The van der Waals surface area contributed by atoms with Gasteiger partial charge in [-0.15, -0.1) is 0 Å². The number of nitrogens with zero attached hydrogens (tertiary/aromatic N) is 1. The fourth-order valence-corrected chi connectivity index (χ4v) is 0.530. The molecular formula is C7H5F6NO3S. The molecule has 0 atom stereocenters. The molecule has 0 fully saturated rings. The third-order valence-corrected chi connectivity index (χ3v) is 1.83. The summed E-state index contributed by atoms with van der Waals surface area (Å²) in [6.45, 7) is 0. The predicted octanol–water partition coefficient (Wildman–Crippen LogP) is 2.49. The van der Waals surface area contributed by atoms with Crippen LogP contribution in [0.25, 0.3) is 0 Å². The number of aromatic nitrogens is 1. The highest BCUT2D eigenvalue weighted by atomic mass is 32.2. The molecular weight excluding hydrogens is 292 g/mol. The Morgan fingerprint density at radius 3 is 1.67 bits per heavy atom. The highest BCUT2D eigenvalue weighted by Crippen LogP contribution is 2.26. The van der Waals surface area contributed by atoms with Crippen molar-refractivity contribution in [3.8, 4) is 0 Å². The first-order chi connectivity index (χ1) is 7.86. The average molecular weight is 297 g/mol. The van der Waals surface area contributed by atoms with Gasteiger partial charge in [-0.25, -0.2) is 0 Å². The van der Waals surface area contributed by atoms with Crippen LogP contribution in [0.5, 0.6) is 0 Å². The van der Waals surface area contributed by atoms with Gasteiger partial charge in [0.1, 0.15) is 5.69 Å². The number of rotatable bonds is 0. The van der Waals surface area contributed by atoms with Gasteiger partial charge < -0.3 is 0 Å². The normalized spacial score (nSPS) is 12.6. The third kappa shape index (κ3) is 5.82. The summed E-state index contributed by atoms with van der Waals surface area (Å²) >= 11 is 0. The lowest BCUT2D eigenvalue weighted by Gasteiger charge is -2.02. The number of alkyl halides is 6. The second-order valence-corrected chi connectivity index (χ2v) is 4.05. The molecule has 0 saturated carbocycles. The van der Waals surface area contributed by atoms with Crippen LogP contribution in [-0.4, -0.2) is 23.5 Å². The van der Waals surface area contributed by atoms with E-state index in [4.69, 9.17) is 13.0 Å². The first-order valence-electron chi connectivity index (χ1n) is 3.87. The summed E-state index contributed by atoms with van der Waals surface area (Å²) in [5.41, 5.74) is -6.39. The van der Waals surface area contributed by atoms with E-state index in [2.05, 4.69) is 4.98 Å². The fraction of sp³-hybridized carbons (Fsp3) is 0.286. The molecule has 11 heteroatoms. The summed E-state index contributed by atoms with van der Waals surface area (Å²) in [5.74, 6) is 0. The zero-order chi connectivity index (χ0) is 14.6. The lowest BCUT2D eigenvalue weighted by molar-refractivity contribution is -0.141. The molecule has 0 aromatic carbocycles. The molecule has 18 heavy (non-hydrogen) atoms. The van der Waals surface area contributed by atoms with Crippen molar-refractivity contribution in [2.24, 2.45) is 0 Å². The summed E-state index contributed by atoms with van der Waals surface area (Å²) in [5, 5.41) is 0. The van der Waals surface area contributed by atoms with Gasteiger partial charge in [-0.05, 0) is 12.1 Å². The van der Waals surface area contributed by atoms with Gasteiger partial charge >= 0.3 is 21.8 Å². The van der Waals surface area contributed by atoms with Gasteiger partial charge in [0.25, 0.3) is 0 Å². The van der Waals surface area contributed by atoms with E-state index in [0.717, 1.165) is 12.3 Å². The van der Waals surface area contributed by atoms with Crippen molar-refractivity contribution in [1.82, 2.24) is 4.98 Å². The smallest absolute Gasteiger partial charge is 0.279 e. The van der Waals surface area contributed by atoms with Crippen molar-refractivity contribution in [2.75, 3.05) is 0 Å². The predicted molar refractivity (Wildman–Crippen MR) is 46.8 cm³/mol. The molecule has 0 spiro atoms. The third-order valence-electron chi connectivity index (χ3n) is 1.25. The zero-order valence-corrected chi connectivity index (χ0v) is 9.01. The first-order valence-corrected chi connectivity index (χ1v) is 5.31. The van der Waals surface area contributed by atoms with Crippen molar-refractivity contribution >= 4 is 10.1 Å². The second kappa shape index (κ2) is 5.52. The van der Waals surface area contributed by atoms with Gasteiger partial charge in [-0.1, -0.05) is 6.07 Å². The van der Waals surface area contributed by atoms with Crippen LogP contribution < -0.4 is 0 Å². The Hall–Kier alpha value is -1.36. The molecule has 1 heterocycles. The van der Waals surface area contributed by atoms with Crippen LogP contribution in [-0.2, 0) is 16.3 Å². The minimum atomic E-state index is -5.84. The molecule has 0 radical (unpaired) electrons. The zero-order valence-electron chi connectivity index (χ0n) is 8.20. The Morgan fingerprint density at radius 1 is 1.06 bits per heavy atom. The van der Waals surface area contributed by atoms with Gasteiger partial charge in [0, 0.05) is 6.20 Å². The summed E-state index contributed by atoms with van der Waals surface area (Å²) < 4.78 is 92.7. The van der Waals surface area contributed by atoms with Gasteiger partial charge in [0.15, 0.2) is 0 Å². The molecule has 4 nitrogen and oxygen atoms in total. The summed E-state index contributed by atoms with van der Waals surface area (Å²) in [6.07, 6.45) is -3.20. The Kier molecular flexibility index (Phi) is 5.10. The summed E-state index contributed by atoms with van der Waals surface area (Å²) in [4.78, 5) is 3.12. The largest absolute Gasteiger partial charge is 0.522 e. The van der Waals surface area contributed by atoms with Crippen LogP contribution in [0.15, 0.2) is 24.4 Å². The van der Waals surface area contributed by atoms with Gasteiger partial charge in [0.2, 0.25) is 0 Å². The second-order valence-electron chi connectivity index (χ2n) is 2.63. The van der Waals surface area contributed by atoms with E-state index in [0.29, 0.717) is 0 Å². The van der Waals surface area contributed by atoms with E-state index in [1.807, 2.05) is 0 Å². The number of hydrogen-bond acceptors (Lipinski definition) is 3. The van der Waals surface area contributed by atoms with Crippen molar-refractivity contribution in [1.29, 1.82) is 0 Å². The maximum atomic E-state index is 11.7. The SMILES string of the molecule is FC(F)(F)c1ccccn1.O=S(=O)(O)C(F)(F)F. The molecule has 1 aromatic rings. The highest BCUT2D eigenvalue weighted by molar-refractivity contribution is 7.86. The fourth-order valence-electron chi connectivity index (χ4n) is 0.530. The standard InChI is InChI=1S/C6H4F3N.CHF3O3S/c7-6(8,9)5-3-1-2-4-10-5;2-1(3,4)8(5,6)7/h1-4H;(H,5,6,7). The van der Waals surface area contributed by atoms with E-state index in [1.165, 1.54) is 12.1 Å². The van der Waals surface area contributed by atoms with Gasteiger partial charge in [-0.2, -0.15) is 34.8 Å². The molecule has 0 saturated heterocycles. The molecule has 104 valence electrons. The topological polar surface area (TPSA) is 67.3 Å². The molecule has 0 unspecified atom stereocenters. The van der Waals surface area contributed by atoms with E-state index >= 15 is 0 Å². The van der Waals surface area contributed by atoms with Crippen LogP contribution in [0.3, 0.4) is 0 Å². The molecule has 0 aliphatic heterocycles. The van der Waals surface area contributed by atoms with Crippen LogP contribution in [0.1, 0.15) is 5.69 Å². The van der Waals surface area contributed by atoms with E-state index < -0.39 is 27.5 Å². The number of pyridine rings is 1. The Morgan fingerprint density at radius 2 is 1.50 bits per heavy atom. The van der Waals surface area contributed by atoms with Crippen LogP contribution in [0, 0.1) is 0 Å². The maximum Gasteiger partial charge on any atom is 0.522 e. The van der Waals surface area contributed by atoms with Crippen LogP contribution in [0.2, 0.25) is 0 Å². The van der Waals surface area contributed by atoms with Gasteiger partial charge in [-0.3, -0.25) is 9.54 Å². The highest BCUT2D eigenvalue weighted by Gasteiger charge is 2.44.